The molecule has 148 valence electrons. The fourth-order valence-corrected chi connectivity index (χ4v) is 3.44. The third kappa shape index (κ3) is 6.35. The molecule has 1 aliphatic rings. The number of carbonyl (C=O) groups is 1. The number of rotatable bonds is 5. The molecule has 1 fully saturated rings. The Labute approximate surface area is 169 Å². The molecule has 2 aromatic rings. The number of piperidine rings is 1. The van der Waals surface area contributed by atoms with Crippen LogP contribution in [0.25, 0.3) is 6.08 Å². The Kier molecular flexibility index (Phi) is 6.69. The second kappa shape index (κ2) is 9.20. The maximum atomic E-state index is 12.6. The monoisotopic (exact) mass is 376 g/mol. The highest BCUT2D eigenvalue weighted by Gasteiger charge is 2.21. The Balaban J connectivity index is 1.47. The molecule has 1 N–H and O–H groups in total. The van der Waals surface area contributed by atoms with Crippen molar-refractivity contribution in [2.45, 2.75) is 46.2 Å². The molecule has 3 rings (SSSR count). The number of nitrogens with zero attached hydrogens (tertiary/aromatic N) is 1. The van der Waals surface area contributed by atoms with Gasteiger partial charge in [-0.25, -0.2) is 0 Å². The molecule has 0 aromatic heterocycles. The van der Waals surface area contributed by atoms with E-state index in [0.717, 1.165) is 43.6 Å². The van der Waals surface area contributed by atoms with E-state index in [1.807, 2.05) is 24.3 Å². The molecule has 1 heterocycles. The summed E-state index contributed by atoms with van der Waals surface area (Å²) in [5.74, 6) is 0.0351. The quantitative estimate of drug-likeness (QED) is 0.783. The number of hydrogen-bond donors (Lipinski definition) is 1. The maximum absolute atomic E-state index is 12.6. The van der Waals surface area contributed by atoms with Gasteiger partial charge in [0.1, 0.15) is 0 Å². The molecular weight excluding hydrogens is 344 g/mol. The van der Waals surface area contributed by atoms with Gasteiger partial charge in [0.05, 0.1) is 0 Å². The fraction of sp³-hybridized carbons (Fsp3) is 0.400. The molecule has 3 heteroatoms. The van der Waals surface area contributed by atoms with E-state index in [9.17, 15) is 4.79 Å². The van der Waals surface area contributed by atoms with E-state index in [4.69, 9.17) is 0 Å². The zero-order valence-electron chi connectivity index (χ0n) is 17.3. The molecule has 3 nitrogen and oxygen atoms in total. The van der Waals surface area contributed by atoms with Crippen LogP contribution in [0.1, 0.15) is 55.1 Å². The van der Waals surface area contributed by atoms with Crippen LogP contribution in [0.15, 0.2) is 60.7 Å². The number of carbonyl (C=O) groups excluding carboxylic acids is 1. The predicted octanol–water partition coefficient (Wildman–Crippen LogP) is 5.14. The summed E-state index contributed by atoms with van der Waals surface area (Å²) < 4.78 is 0. The first-order valence-corrected chi connectivity index (χ1v) is 10.3. The molecule has 2 aromatic carbocycles. The lowest BCUT2D eigenvalue weighted by Crippen LogP contribution is -2.44. The van der Waals surface area contributed by atoms with E-state index in [1.54, 1.807) is 0 Å². The molecule has 0 unspecified atom stereocenters. The van der Waals surface area contributed by atoms with Crippen LogP contribution in [0, 0.1) is 5.41 Å². The summed E-state index contributed by atoms with van der Waals surface area (Å²) in [6, 6.07) is 18.7. The first-order valence-electron chi connectivity index (χ1n) is 10.3. The molecule has 1 amide bonds. The first kappa shape index (κ1) is 20.3. The van der Waals surface area contributed by atoms with Crippen LogP contribution in [-0.2, 0) is 6.54 Å². The molecule has 0 aliphatic carbocycles. The summed E-state index contributed by atoms with van der Waals surface area (Å²) in [7, 11) is 0. The van der Waals surface area contributed by atoms with Gasteiger partial charge in [0, 0.05) is 31.2 Å². The average molecular weight is 377 g/mol. The summed E-state index contributed by atoms with van der Waals surface area (Å²) in [5, 5.41) is 3.21. The van der Waals surface area contributed by atoms with Gasteiger partial charge in [-0.05, 0) is 41.5 Å². The SMILES string of the molecule is CC(C)(C)/C=C/c1ccc(C(=O)NC2CCN(Cc3ccccc3)CC2)cc1. The molecule has 28 heavy (non-hydrogen) atoms. The zero-order chi connectivity index (χ0) is 20.0. The molecule has 1 aliphatic heterocycles. The summed E-state index contributed by atoms with van der Waals surface area (Å²) in [4.78, 5) is 15.0. The van der Waals surface area contributed by atoms with Gasteiger partial charge in [0.2, 0.25) is 0 Å². The van der Waals surface area contributed by atoms with Gasteiger partial charge in [-0.3, -0.25) is 9.69 Å². The fourth-order valence-electron chi connectivity index (χ4n) is 3.44. The zero-order valence-corrected chi connectivity index (χ0v) is 17.3. The Hall–Kier alpha value is -2.39. The highest BCUT2D eigenvalue weighted by atomic mass is 16.1. The van der Waals surface area contributed by atoms with Crippen molar-refractivity contribution in [2.24, 2.45) is 5.41 Å². The smallest absolute Gasteiger partial charge is 0.251 e. The van der Waals surface area contributed by atoms with Crippen molar-refractivity contribution in [1.29, 1.82) is 0 Å². The van der Waals surface area contributed by atoms with E-state index in [1.165, 1.54) is 5.56 Å². The topological polar surface area (TPSA) is 32.3 Å². The van der Waals surface area contributed by atoms with Crippen molar-refractivity contribution in [1.82, 2.24) is 10.2 Å². The number of benzene rings is 2. The Bertz CT molecular complexity index is 780. The van der Waals surface area contributed by atoms with Gasteiger partial charge in [0.15, 0.2) is 0 Å². The van der Waals surface area contributed by atoms with Crippen LogP contribution in [0.4, 0.5) is 0 Å². The van der Waals surface area contributed by atoms with Crippen LogP contribution < -0.4 is 5.32 Å². The second-order valence-electron chi connectivity index (χ2n) is 8.83. The summed E-state index contributed by atoms with van der Waals surface area (Å²) >= 11 is 0. The highest BCUT2D eigenvalue weighted by Crippen LogP contribution is 2.18. The van der Waals surface area contributed by atoms with E-state index in [0.29, 0.717) is 0 Å². The van der Waals surface area contributed by atoms with Crippen molar-refractivity contribution in [2.75, 3.05) is 13.1 Å². The molecular formula is C25H32N2O. The predicted molar refractivity (Wildman–Crippen MR) is 117 cm³/mol. The molecule has 0 saturated carbocycles. The Morgan fingerprint density at radius 3 is 2.29 bits per heavy atom. The molecule has 0 atom stereocenters. The van der Waals surface area contributed by atoms with Crippen LogP contribution in [0.5, 0.6) is 0 Å². The number of allylic oxidation sites excluding steroid dienone is 1. The average Bonchev–Trinajstić information content (AvgIpc) is 2.68. The van der Waals surface area contributed by atoms with Crippen molar-refractivity contribution in [3.05, 3.63) is 77.4 Å². The van der Waals surface area contributed by atoms with E-state index in [-0.39, 0.29) is 17.4 Å². The lowest BCUT2D eigenvalue weighted by molar-refractivity contribution is 0.0909. The third-order valence-electron chi connectivity index (χ3n) is 5.12. The van der Waals surface area contributed by atoms with Crippen LogP contribution in [0.3, 0.4) is 0 Å². The van der Waals surface area contributed by atoms with E-state index in [2.05, 4.69) is 73.5 Å². The Morgan fingerprint density at radius 2 is 1.68 bits per heavy atom. The lowest BCUT2D eigenvalue weighted by atomic mass is 9.95. The summed E-state index contributed by atoms with van der Waals surface area (Å²) in [5.41, 5.74) is 3.37. The number of amides is 1. The highest BCUT2D eigenvalue weighted by molar-refractivity contribution is 5.94. The minimum Gasteiger partial charge on any atom is -0.349 e. The van der Waals surface area contributed by atoms with Gasteiger partial charge in [0.25, 0.3) is 5.91 Å². The van der Waals surface area contributed by atoms with E-state index >= 15 is 0 Å². The van der Waals surface area contributed by atoms with Crippen molar-refractivity contribution >= 4 is 12.0 Å². The van der Waals surface area contributed by atoms with Crippen LogP contribution in [-0.4, -0.2) is 29.9 Å². The van der Waals surface area contributed by atoms with Gasteiger partial charge in [-0.1, -0.05) is 75.4 Å². The first-order chi connectivity index (χ1) is 13.4. The maximum Gasteiger partial charge on any atom is 0.251 e. The Morgan fingerprint density at radius 1 is 1.04 bits per heavy atom. The van der Waals surface area contributed by atoms with Gasteiger partial charge in [-0.15, -0.1) is 0 Å². The minimum absolute atomic E-state index is 0.0351. The van der Waals surface area contributed by atoms with Crippen molar-refractivity contribution in [3.8, 4) is 0 Å². The summed E-state index contributed by atoms with van der Waals surface area (Å²) in [6.07, 6.45) is 6.31. The normalized spacial score (nSPS) is 16.4. The summed E-state index contributed by atoms with van der Waals surface area (Å²) in [6.45, 7) is 9.57. The second-order valence-corrected chi connectivity index (χ2v) is 8.83. The van der Waals surface area contributed by atoms with Gasteiger partial charge >= 0.3 is 0 Å². The molecule has 0 bridgehead atoms. The van der Waals surface area contributed by atoms with Crippen molar-refractivity contribution < 1.29 is 4.79 Å². The van der Waals surface area contributed by atoms with Crippen LogP contribution in [0.2, 0.25) is 0 Å². The third-order valence-corrected chi connectivity index (χ3v) is 5.12. The van der Waals surface area contributed by atoms with Crippen LogP contribution >= 0.6 is 0 Å². The number of nitrogens with one attached hydrogen (secondary N) is 1. The lowest BCUT2D eigenvalue weighted by Gasteiger charge is -2.32. The number of hydrogen-bond acceptors (Lipinski definition) is 2. The number of likely N-dealkylation sites (tertiary alicyclic amines) is 1. The van der Waals surface area contributed by atoms with Gasteiger partial charge < -0.3 is 5.32 Å². The standard InChI is InChI=1S/C25H32N2O/c1-25(2,3)16-13-20-9-11-22(12-10-20)24(28)26-23-14-17-27(18-15-23)19-21-7-5-4-6-8-21/h4-13,16,23H,14-15,17-19H2,1-3H3,(H,26,28)/b16-13+. The molecule has 0 radical (unpaired) electrons. The minimum atomic E-state index is 0.0351. The largest absolute Gasteiger partial charge is 0.349 e. The van der Waals surface area contributed by atoms with Crippen molar-refractivity contribution in [3.63, 3.8) is 0 Å². The van der Waals surface area contributed by atoms with E-state index < -0.39 is 0 Å². The molecule has 0 spiro atoms. The molecule has 1 saturated heterocycles. The van der Waals surface area contributed by atoms with Gasteiger partial charge in [-0.2, -0.15) is 0 Å².